The molecule has 4 heteroatoms. The minimum Gasteiger partial charge on any atom is -0.298 e. The molecule has 0 unspecified atom stereocenters. The van der Waals surface area contributed by atoms with Gasteiger partial charge in [0.15, 0.2) is 12.6 Å². The molecule has 0 radical (unpaired) electrons. The molecule has 0 bridgehead atoms. The maximum atomic E-state index is 11.8. The van der Waals surface area contributed by atoms with Crippen molar-refractivity contribution in [3.63, 3.8) is 0 Å². The van der Waals surface area contributed by atoms with Crippen LogP contribution in [-0.2, 0) is 12.8 Å². The third-order valence-corrected chi connectivity index (χ3v) is 7.00. The predicted octanol–water partition coefficient (Wildman–Crippen LogP) is 5.77. The van der Waals surface area contributed by atoms with Gasteiger partial charge in [-0.25, -0.2) is 0 Å². The summed E-state index contributed by atoms with van der Waals surface area (Å²) < 4.78 is 1.90. The fourth-order valence-corrected chi connectivity index (χ4v) is 5.96. The van der Waals surface area contributed by atoms with E-state index in [0.717, 1.165) is 42.9 Å². The number of carbonyl (C=O) groups is 2. The first-order valence-corrected chi connectivity index (χ1v) is 9.98. The average Bonchev–Trinajstić information content (AvgIpc) is 3.17. The van der Waals surface area contributed by atoms with E-state index in [4.69, 9.17) is 0 Å². The van der Waals surface area contributed by atoms with Crippen molar-refractivity contribution in [3.05, 3.63) is 92.7 Å². The third-order valence-electron chi connectivity index (χ3n) is 4.40. The molecular formula is C22H16O2S2. The number of thiophene rings is 2. The topological polar surface area (TPSA) is 34.1 Å². The van der Waals surface area contributed by atoms with Crippen molar-refractivity contribution < 1.29 is 9.59 Å². The number of rotatable bonds is 6. The van der Waals surface area contributed by atoms with Crippen LogP contribution in [0.1, 0.15) is 41.6 Å². The van der Waals surface area contributed by atoms with Crippen LogP contribution in [0.4, 0.5) is 0 Å². The van der Waals surface area contributed by atoms with E-state index in [9.17, 15) is 9.59 Å². The number of benzene rings is 2. The number of hydrogen-bond donors (Lipinski definition) is 0. The van der Waals surface area contributed by atoms with E-state index in [1.807, 2.05) is 36.4 Å². The average molecular weight is 377 g/mol. The lowest BCUT2D eigenvalue weighted by Crippen LogP contribution is -1.90. The maximum Gasteiger partial charge on any atom is 0.152 e. The molecule has 0 amide bonds. The lowest BCUT2D eigenvalue weighted by atomic mass is 10.1. The number of carbonyl (C=O) groups excluding carboxylic acids is 2. The fourth-order valence-electron chi connectivity index (χ4n) is 3.12. The van der Waals surface area contributed by atoms with Crippen LogP contribution < -0.4 is 0 Å². The molecule has 0 atom stereocenters. The van der Waals surface area contributed by atoms with Crippen molar-refractivity contribution in [3.8, 4) is 0 Å². The van der Waals surface area contributed by atoms with E-state index >= 15 is 0 Å². The van der Waals surface area contributed by atoms with Crippen LogP contribution in [0.5, 0.6) is 0 Å². The monoisotopic (exact) mass is 376 g/mol. The molecule has 0 N–H and O–H groups in total. The van der Waals surface area contributed by atoms with Gasteiger partial charge in [0.25, 0.3) is 0 Å². The SMILES string of the molecule is O=Cc1c(Cc2ccccc2)sc2c(C=O)c(Cc3ccccc3)sc12. The molecule has 0 fully saturated rings. The van der Waals surface area contributed by atoms with Gasteiger partial charge in [-0.05, 0) is 11.1 Å². The van der Waals surface area contributed by atoms with Crippen LogP contribution in [-0.4, -0.2) is 12.6 Å². The molecule has 4 aromatic rings. The summed E-state index contributed by atoms with van der Waals surface area (Å²) in [6, 6.07) is 20.2. The highest BCUT2D eigenvalue weighted by atomic mass is 32.1. The molecule has 2 heterocycles. The van der Waals surface area contributed by atoms with Gasteiger partial charge in [0.05, 0.1) is 9.40 Å². The summed E-state index contributed by atoms with van der Waals surface area (Å²) in [5, 5.41) is 0. The van der Waals surface area contributed by atoms with Crippen molar-refractivity contribution in [2.45, 2.75) is 12.8 Å². The maximum absolute atomic E-state index is 11.8. The smallest absolute Gasteiger partial charge is 0.152 e. The van der Waals surface area contributed by atoms with Crippen LogP contribution >= 0.6 is 22.7 Å². The Morgan fingerprint density at radius 3 is 1.35 bits per heavy atom. The van der Waals surface area contributed by atoms with E-state index in [-0.39, 0.29) is 0 Å². The Hall–Kier alpha value is -2.56. The van der Waals surface area contributed by atoms with Crippen LogP contribution in [0.2, 0.25) is 0 Å². The molecular weight excluding hydrogens is 360 g/mol. The van der Waals surface area contributed by atoms with Gasteiger partial charge >= 0.3 is 0 Å². The van der Waals surface area contributed by atoms with Gasteiger partial charge < -0.3 is 0 Å². The summed E-state index contributed by atoms with van der Waals surface area (Å²) in [5.41, 5.74) is 3.81. The van der Waals surface area contributed by atoms with Crippen LogP contribution in [0, 0.1) is 0 Å². The lowest BCUT2D eigenvalue weighted by Gasteiger charge is -2.01. The highest BCUT2D eigenvalue weighted by molar-refractivity contribution is 7.29. The second-order valence-electron chi connectivity index (χ2n) is 6.10. The Morgan fingerprint density at radius 2 is 1.00 bits per heavy atom. The fraction of sp³-hybridized carbons (Fsp3) is 0.0909. The molecule has 0 aliphatic rings. The summed E-state index contributed by atoms with van der Waals surface area (Å²) in [7, 11) is 0. The van der Waals surface area contributed by atoms with Crippen LogP contribution in [0.25, 0.3) is 9.40 Å². The minimum atomic E-state index is 0.716. The largest absolute Gasteiger partial charge is 0.298 e. The van der Waals surface area contributed by atoms with Crippen molar-refractivity contribution in [1.82, 2.24) is 0 Å². The van der Waals surface area contributed by atoms with Crippen molar-refractivity contribution in [2.24, 2.45) is 0 Å². The molecule has 26 heavy (non-hydrogen) atoms. The van der Waals surface area contributed by atoms with Gasteiger partial charge in [-0.15, -0.1) is 22.7 Å². The molecule has 0 aliphatic heterocycles. The predicted molar refractivity (Wildman–Crippen MR) is 109 cm³/mol. The third kappa shape index (κ3) is 3.14. The summed E-state index contributed by atoms with van der Waals surface area (Å²) in [5.74, 6) is 0. The highest BCUT2D eigenvalue weighted by Crippen LogP contribution is 2.41. The molecule has 2 aromatic carbocycles. The zero-order valence-corrected chi connectivity index (χ0v) is 15.6. The Bertz CT molecular complexity index is 972. The second-order valence-corrected chi connectivity index (χ2v) is 8.31. The number of hydrogen-bond acceptors (Lipinski definition) is 4. The quantitative estimate of drug-likeness (QED) is 0.400. The molecule has 0 saturated carbocycles. The minimum absolute atomic E-state index is 0.716. The second kappa shape index (κ2) is 7.36. The zero-order valence-electron chi connectivity index (χ0n) is 14.0. The Morgan fingerprint density at radius 1 is 0.615 bits per heavy atom. The molecule has 0 saturated heterocycles. The molecule has 2 aromatic heterocycles. The first kappa shape index (κ1) is 16.9. The van der Waals surface area contributed by atoms with E-state index in [1.165, 1.54) is 11.1 Å². The molecule has 2 nitrogen and oxygen atoms in total. The number of aldehydes is 2. The molecule has 128 valence electrons. The Balaban J connectivity index is 1.77. The first-order valence-electron chi connectivity index (χ1n) is 8.35. The van der Waals surface area contributed by atoms with Gasteiger partial charge in [0.1, 0.15) is 0 Å². The van der Waals surface area contributed by atoms with Gasteiger partial charge in [-0.2, -0.15) is 0 Å². The molecule has 4 rings (SSSR count). The summed E-state index contributed by atoms with van der Waals surface area (Å²) >= 11 is 3.15. The van der Waals surface area contributed by atoms with Crippen molar-refractivity contribution in [1.29, 1.82) is 0 Å². The molecule has 0 spiro atoms. The Labute approximate surface area is 159 Å². The van der Waals surface area contributed by atoms with E-state index < -0.39 is 0 Å². The summed E-state index contributed by atoms with van der Waals surface area (Å²) in [6.07, 6.45) is 3.31. The van der Waals surface area contributed by atoms with Gasteiger partial charge in [0.2, 0.25) is 0 Å². The summed E-state index contributed by atoms with van der Waals surface area (Å²) in [6.45, 7) is 0. The standard InChI is InChI=1S/C22H16O2S2/c23-13-17-19(11-15-7-3-1-4-8-15)25-22-18(14-24)20(26-21(17)22)12-16-9-5-2-6-10-16/h1-10,13-14H,11-12H2. The van der Waals surface area contributed by atoms with Gasteiger partial charge in [-0.1, -0.05) is 60.7 Å². The zero-order chi connectivity index (χ0) is 17.9. The van der Waals surface area contributed by atoms with Crippen LogP contribution in [0.3, 0.4) is 0 Å². The van der Waals surface area contributed by atoms with E-state index in [2.05, 4.69) is 24.3 Å². The van der Waals surface area contributed by atoms with Crippen LogP contribution in [0.15, 0.2) is 60.7 Å². The highest BCUT2D eigenvalue weighted by Gasteiger charge is 2.20. The number of fused-ring (bicyclic) bond motifs is 1. The van der Waals surface area contributed by atoms with E-state index in [1.54, 1.807) is 22.7 Å². The molecule has 0 aliphatic carbocycles. The lowest BCUT2D eigenvalue weighted by molar-refractivity contribution is 0.111. The summed E-state index contributed by atoms with van der Waals surface area (Å²) in [4.78, 5) is 25.6. The Kier molecular flexibility index (Phi) is 4.78. The van der Waals surface area contributed by atoms with Crippen molar-refractivity contribution in [2.75, 3.05) is 0 Å². The van der Waals surface area contributed by atoms with Crippen molar-refractivity contribution >= 4 is 44.6 Å². The van der Waals surface area contributed by atoms with Gasteiger partial charge in [0, 0.05) is 33.7 Å². The first-order chi connectivity index (χ1) is 12.8. The van der Waals surface area contributed by atoms with Gasteiger partial charge in [-0.3, -0.25) is 9.59 Å². The normalized spacial score (nSPS) is 10.9. The van der Waals surface area contributed by atoms with E-state index in [0.29, 0.717) is 12.8 Å².